The van der Waals surface area contributed by atoms with Crippen LogP contribution in [-0.2, 0) is 12.1 Å². The molecular formula is C17H19ClSi. The predicted octanol–water partition coefficient (Wildman–Crippen LogP) is 4.92. The van der Waals surface area contributed by atoms with Crippen molar-refractivity contribution in [3.05, 3.63) is 84.4 Å². The monoisotopic (exact) mass is 286 g/mol. The lowest BCUT2D eigenvalue weighted by Crippen LogP contribution is -2.33. The number of allylic oxidation sites excluding steroid dienone is 1. The van der Waals surface area contributed by atoms with Crippen LogP contribution in [0.2, 0.25) is 6.04 Å². The van der Waals surface area contributed by atoms with Gasteiger partial charge in [0, 0.05) is 0 Å². The van der Waals surface area contributed by atoms with Crippen molar-refractivity contribution in [1.82, 2.24) is 0 Å². The number of hydrogen-bond donors (Lipinski definition) is 0. The van der Waals surface area contributed by atoms with Gasteiger partial charge in [-0.2, -0.15) is 11.1 Å². The average Bonchev–Trinajstić information content (AvgIpc) is 2.41. The summed E-state index contributed by atoms with van der Waals surface area (Å²) in [6.07, 6.45) is 1.98. The first-order valence-electron chi connectivity index (χ1n) is 6.59. The van der Waals surface area contributed by atoms with Gasteiger partial charge in [-0.05, 0) is 29.3 Å². The van der Waals surface area contributed by atoms with E-state index in [2.05, 4.69) is 55.1 Å². The standard InChI is InChI=1S/C17H19ClSi/c1-2-13-19(18,14-16-9-5-3-6-10-16)15-17-11-7-4-8-12-17/h2-12H,1,13-15H2. The van der Waals surface area contributed by atoms with Gasteiger partial charge in [0.1, 0.15) is 0 Å². The third kappa shape index (κ3) is 4.37. The lowest BCUT2D eigenvalue weighted by molar-refractivity contribution is 1.22. The second kappa shape index (κ2) is 6.74. The molecule has 0 fully saturated rings. The zero-order valence-corrected chi connectivity index (χ0v) is 12.8. The van der Waals surface area contributed by atoms with Crippen LogP contribution in [0.5, 0.6) is 0 Å². The molecule has 0 nitrogen and oxygen atoms in total. The molecule has 0 N–H and O–H groups in total. The lowest BCUT2D eigenvalue weighted by Gasteiger charge is -2.23. The van der Waals surface area contributed by atoms with Gasteiger partial charge in [-0.15, -0.1) is 6.58 Å². The fourth-order valence-corrected chi connectivity index (χ4v) is 6.51. The average molecular weight is 287 g/mol. The Kier molecular flexibility index (Phi) is 5.00. The maximum atomic E-state index is 6.98. The molecule has 0 aromatic heterocycles. The van der Waals surface area contributed by atoms with E-state index in [4.69, 9.17) is 11.1 Å². The molecule has 0 spiro atoms. The molecule has 0 bridgehead atoms. The highest BCUT2D eigenvalue weighted by atomic mass is 35.6. The summed E-state index contributed by atoms with van der Waals surface area (Å²) in [6.45, 7) is 3.88. The first-order chi connectivity index (χ1) is 9.22. The van der Waals surface area contributed by atoms with E-state index in [1.165, 1.54) is 11.1 Å². The molecule has 0 unspecified atom stereocenters. The molecule has 2 aromatic carbocycles. The Bertz CT molecular complexity index is 466. The zero-order chi connectivity index (χ0) is 13.6. The minimum atomic E-state index is -1.88. The highest BCUT2D eigenvalue weighted by molar-refractivity contribution is 7.19. The van der Waals surface area contributed by atoms with Crippen LogP contribution in [0, 0.1) is 0 Å². The SMILES string of the molecule is C=CC[Si](Cl)(Cc1ccccc1)Cc1ccccc1. The molecular weight excluding hydrogens is 268 g/mol. The summed E-state index contributed by atoms with van der Waals surface area (Å²) in [5.41, 5.74) is 2.67. The van der Waals surface area contributed by atoms with E-state index < -0.39 is 7.38 Å². The van der Waals surface area contributed by atoms with Gasteiger partial charge in [-0.25, -0.2) is 0 Å². The van der Waals surface area contributed by atoms with Crippen molar-refractivity contribution in [1.29, 1.82) is 0 Å². The Balaban J connectivity index is 2.15. The summed E-state index contributed by atoms with van der Waals surface area (Å²) in [6, 6.07) is 24.0. The van der Waals surface area contributed by atoms with Gasteiger partial charge < -0.3 is 0 Å². The van der Waals surface area contributed by atoms with E-state index in [9.17, 15) is 0 Å². The van der Waals surface area contributed by atoms with Crippen molar-refractivity contribution in [3.8, 4) is 0 Å². The van der Waals surface area contributed by atoms with E-state index in [-0.39, 0.29) is 0 Å². The van der Waals surface area contributed by atoms with Crippen LogP contribution in [0.1, 0.15) is 11.1 Å². The van der Waals surface area contributed by atoms with Crippen LogP contribution in [0.4, 0.5) is 0 Å². The summed E-state index contributed by atoms with van der Waals surface area (Å²) < 4.78 is 0. The Hall–Kier alpha value is -1.31. The molecule has 0 atom stereocenters. The third-order valence-electron chi connectivity index (χ3n) is 3.24. The topological polar surface area (TPSA) is 0 Å². The fourth-order valence-electron chi connectivity index (χ4n) is 2.39. The first kappa shape index (κ1) is 14.1. The van der Waals surface area contributed by atoms with Gasteiger partial charge in [-0.1, -0.05) is 66.7 Å². The molecule has 0 saturated carbocycles. The van der Waals surface area contributed by atoms with E-state index >= 15 is 0 Å². The predicted molar refractivity (Wildman–Crippen MR) is 86.9 cm³/mol. The largest absolute Gasteiger partial charge is 0.168 e. The maximum absolute atomic E-state index is 6.98. The van der Waals surface area contributed by atoms with Crippen molar-refractivity contribution in [2.24, 2.45) is 0 Å². The molecule has 0 aliphatic heterocycles. The highest BCUT2D eigenvalue weighted by Crippen LogP contribution is 2.26. The van der Waals surface area contributed by atoms with Crippen LogP contribution in [0.25, 0.3) is 0 Å². The number of benzene rings is 2. The molecule has 2 heteroatoms. The Labute approximate surface area is 121 Å². The van der Waals surface area contributed by atoms with Crippen LogP contribution < -0.4 is 0 Å². The second-order valence-electron chi connectivity index (χ2n) is 4.97. The highest BCUT2D eigenvalue weighted by Gasteiger charge is 2.30. The quantitative estimate of drug-likeness (QED) is 0.402. The van der Waals surface area contributed by atoms with E-state index in [0.29, 0.717) is 0 Å². The van der Waals surface area contributed by atoms with Gasteiger partial charge in [0.15, 0.2) is 7.38 Å². The Morgan fingerprint density at radius 2 is 1.26 bits per heavy atom. The van der Waals surface area contributed by atoms with Gasteiger partial charge in [0.05, 0.1) is 0 Å². The third-order valence-corrected chi connectivity index (χ3v) is 7.61. The molecule has 0 saturated heterocycles. The number of hydrogen-bond acceptors (Lipinski definition) is 0. The van der Waals surface area contributed by atoms with E-state index in [1.807, 2.05) is 18.2 Å². The smallest absolute Gasteiger partial charge is 0.166 e. The van der Waals surface area contributed by atoms with Crippen molar-refractivity contribution in [3.63, 3.8) is 0 Å². The fraction of sp³-hybridized carbons (Fsp3) is 0.176. The summed E-state index contributed by atoms with van der Waals surface area (Å²) in [5.74, 6) is 0. The summed E-state index contributed by atoms with van der Waals surface area (Å²) >= 11 is 6.98. The molecule has 0 heterocycles. The molecule has 0 amide bonds. The second-order valence-corrected chi connectivity index (χ2v) is 10.8. The van der Waals surface area contributed by atoms with Gasteiger partial charge in [0.2, 0.25) is 0 Å². The number of rotatable bonds is 6. The minimum Gasteiger partial charge on any atom is -0.166 e. The van der Waals surface area contributed by atoms with Crippen LogP contribution in [0.3, 0.4) is 0 Å². The van der Waals surface area contributed by atoms with Gasteiger partial charge in [0.25, 0.3) is 0 Å². The van der Waals surface area contributed by atoms with Gasteiger partial charge >= 0.3 is 0 Å². The molecule has 0 radical (unpaired) electrons. The van der Waals surface area contributed by atoms with Gasteiger partial charge in [-0.3, -0.25) is 0 Å². The normalized spacial score (nSPS) is 11.2. The molecule has 19 heavy (non-hydrogen) atoms. The maximum Gasteiger partial charge on any atom is 0.168 e. The van der Waals surface area contributed by atoms with Crippen LogP contribution in [-0.4, -0.2) is 7.38 Å². The molecule has 2 aromatic rings. The zero-order valence-electron chi connectivity index (χ0n) is 11.1. The molecule has 0 aliphatic carbocycles. The number of halogens is 1. The minimum absolute atomic E-state index is 0.943. The molecule has 0 aliphatic rings. The Morgan fingerprint density at radius 1 is 0.842 bits per heavy atom. The molecule has 2 rings (SSSR count). The van der Waals surface area contributed by atoms with Crippen molar-refractivity contribution in [2.75, 3.05) is 0 Å². The van der Waals surface area contributed by atoms with Crippen LogP contribution in [0.15, 0.2) is 73.3 Å². The molecule has 98 valence electrons. The first-order valence-corrected chi connectivity index (χ1v) is 10.2. The van der Waals surface area contributed by atoms with E-state index in [1.54, 1.807) is 0 Å². The summed E-state index contributed by atoms with van der Waals surface area (Å²) in [7, 11) is -1.88. The van der Waals surface area contributed by atoms with Crippen molar-refractivity contribution < 1.29 is 0 Å². The van der Waals surface area contributed by atoms with E-state index in [0.717, 1.165) is 18.1 Å². The lowest BCUT2D eigenvalue weighted by atomic mass is 10.2. The van der Waals surface area contributed by atoms with Crippen LogP contribution >= 0.6 is 11.1 Å². The van der Waals surface area contributed by atoms with Crippen molar-refractivity contribution in [2.45, 2.75) is 18.1 Å². The summed E-state index contributed by atoms with van der Waals surface area (Å²) in [4.78, 5) is 0. The summed E-state index contributed by atoms with van der Waals surface area (Å²) in [5, 5.41) is 0. The Morgan fingerprint density at radius 3 is 1.63 bits per heavy atom. The van der Waals surface area contributed by atoms with Crippen molar-refractivity contribution >= 4 is 18.5 Å².